The van der Waals surface area contributed by atoms with E-state index >= 15 is 0 Å². The molecule has 188 valence electrons. The fourth-order valence-electron chi connectivity index (χ4n) is 4.54. The number of benzene rings is 2. The molecule has 1 amide bonds. The fourth-order valence-corrected chi connectivity index (χ4v) is 5.57. The lowest BCUT2D eigenvalue weighted by molar-refractivity contribution is -0.181. The van der Waals surface area contributed by atoms with Crippen LogP contribution in [-0.2, 0) is 21.8 Å². The summed E-state index contributed by atoms with van der Waals surface area (Å²) < 4.78 is 11.6. The summed E-state index contributed by atoms with van der Waals surface area (Å²) in [6, 6.07) is 19.8. The third-order valence-electron chi connectivity index (χ3n) is 6.48. The molecule has 3 heterocycles. The van der Waals surface area contributed by atoms with E-state index in [0.29, 0.717) is 60.8 Å². The molecule has 3 aromatic rings. The van der Waals surface area contributed by atoms with Crippen molar-refractivity contribution >= 4 is 35.1 Å². The molecule has 0 aliphatic carbocycles. The largest absolute Gasteiger partial charge is 0.355 e. The van der Waals surface area contributed by atoms with Gasteiger partial charge in [-0.25, -0.2) is 9.97 Å². The van der Waals surface area contributed by atoms with Gasteiger partial charge in [0.15, 0.2) is 10.9 Å². The van der Waals surface area contributed by atoms with Crippen molar-refractivity contribution in [3.8, 4) is 0 Å². The van der Waals surface area contributed by atoms with Crippen LogP contribution in [0.3, 0.4) is 0 Å². The predicted molar refractivity (Wildman–Crippen MR) is 141 cm³/mol. The highest BCUT2D eigenvalue weighted by Crippen LogP contribution is 2.32. The number of thioether (sulfide) groups is 1. The summed E-state index contributed by atoms with van der Waals surface area (Å²) in [7, 11) is 1.99. The molecular weight excluding hydrogens is 496 g/mol. The summed E-state index contributed by atoms with van der Waals surface area (Å²) in [6.45, 7) is 3.25. The molecule has 0 unspecified atom stereocenters. The fraction of sp³-hybridized carbons (Fsp3) is 0.370. The third-order valence-corrected chi connectivity index (χ3v) is 7.59. The number of ether oxygens (including phenoxy) is 2. The zero-order chi connectivity index (χ0) is 25.0. The summed E-state index contributed by atoms with van der Waals surface area (Å²) in [5.41, 5.74) is 2.91. The van der Waals surface area contributed by atoms with E-state index in [2.05, 4.69) is 22.0 Å². The first kappa shape index (κ1) is 25.0. The SMILES string of the molecule is CN(Cc1ccccc1)c1cc(Cl)nc(SCc2cccc(C(=O)N3CCC4(CC3)OCCO4)c2)n1. The monoisotopic (exact) mass is 524 g/mol. The average molecular weight is 525 g/mol. The van der Waals surface area contributed by atoms with Crippen molar-refractivity contribution < 1.29 is 14.3 Å². The molecule has 2 fully saturated rings. The molecule has 2 saturated heterocycles. The van der Waals surface area contributed by atoms with E-state index in [1.54, 1.807) is 6.07 Å². The molecule has 36 heavy (non-hydrogen) atoms. The second kappa shape index (κ2) is 11.2. The van der Waals surface area contributed by atoms with Gasteiger partial charge < -0.3 is 19.3 Å². The van der Waals surface area contributed by atoms with Gasteiger partial charge in [-0.3, -0.25) is 4.79 Å². The molecule has 1 spiro atoms. The van der Waals surface area contributed by atoms with Gasteiger partial charge in [0.2, 0.25) is 0 Å². The highest BCUT2D eigenvalue weighted by atomic mass is 35.5. The number of nitrogens with zero attached hydrogens (tertiary/aromatic N) is 4. The molecule has 2 aromatic carbocycles. The van der Waals surface area contributed by atoms with Crippen molar-refractivity contribution in [2.45, 2.75) is 36.1 Å². The molecular formula is C27H29ClN4O3S. The van der Waals surface area contributed by atoms with Crippen molar-refractivity contribution in [2.24, 2.45) is 0 Å². The molecule has 7 nitrogen and oxygen atoms in total. The molecule has 0 saturated carbocycles. The van der Waals surface area contributed by atoms with Crippen LogP contribution >= 0.6 is 23.4 Å². The first-order valence-corrected chi connectivity index (χ1v) is 13.4. The number of rotatable bonds is 7. The van der Waals surface area contributed by atoms with Crippen molar-refractivity contribution in [2.75, 3.05) is 38.3 Å². The van der Waals surface area contributed by atoms with Crippen LogP contribution in [-0.4, -0.2) is 59.9 Å². The van der Waals surface area contributed by atoms with Gasteiger partial charge in [0, 0.05) is 56.9 Å². The molecule has 0 radical (unpaired) electrons. The maximum absolute atomic E-state index is 13.1. The average Bonchev–Trinajstić information content (AvgIpc) is 3.36. The Morgan fingerprint density at radius 2 is 1.75 bits per heavy atom. The van der Waals surface area contributed by atoms with Crippen molar-refractivity contribution in [1.29, 1.82) is 0 Å². The number of aromatic nitrogens is 2. The van der Waals surface area contributed by atoms with Crippen LogP contribution in [0.4, 0.5) is 5.82 Å². The van der Waals surface area contributed by atoms with E-state index < -0.39 is 5.79 Å². The Morgan fingerprint density at radius 1 is 1.03 bits per heavy atom. The summed E-state index contributed by atoms with van der Waals surface area (Å²) >= 11 is 7.82. The van der Waals surface area contributed by atoms with E-state index in [4.69, 9.17) is 26.1 Å². The molecule has 2 aliphatic rings. The summed E-state index contributed by atoms with van der Waals surface area (Å²) in [5.74, 6) is 0.954. The van der Waals surface area contributed by atoms with Gasteiger partial charge in [-0.15, -0.1) is 0 Å². The lowest BCUT2D eigenvalue weighted by Crippen LogP contribution is -2.47. The second-order valence-electron chi connectivity index (χ2n) is 9.06. The van der Waals surface area contributed by atoms with Crippen LogP contribution in [0.1, 0.15) is 34.3 Å². The first-order valence-electron chi connectivity index (χ1n) is 12.1. The Morgan fingerprint density at radius 3 is 2.50 bits per heavy atom. The highest BCUT2D eigenvalue weighted by Gasteiger charge is 2.40. The van der Waals surface area contributed by atoms with Gasteiger partial charge >= 0.3 is 0 Å². The lowest BCUT2D eigenvalue weighted by Gasteiger charge is -2.37. The number of likely N-dealkylation sites (tertiary alicyclic amines) is 1. The number of piperidine rings is 1. The zero-order valence-corrected chi connectivity index (χ0v) is 21.8. The quantitative estimate of drug-likeness (QED) is 0.244. The molecule has 9 heteroatoms. The van der Waals surface area contributed by atoms with Gasteiger partial charge in [-0.1, -0.05) is 65.8 Å². The van der Waals surface area contributed by atoms with E-state index in [1.807, 2.05) is 54.4 Å². The Balaban J connectivity index is 1.21. The van der Waals surface area contributed by atoms with Gasteiger partial charge in [0.1, 0.15) is 11.0 Å². The Labute approximate surface area is 220 Å². The standard InChI is InChI=1S/C27H29ClN4O3S/c1-31(18-20-6-3-2-4-7-20)24-17-23(28)29-26(30-24)36-19-21-8-5-9-22(16-21)25(33)32-12-10-27(11-13-32)34-14-15-35-27/h2-9,16-17H,10-15,18-19H2,1H3. The topological polar surface area (TPSA) is 67.8 Å². The van der Waals surface area contributed by atoms with E-state index in [0.717, 1.165) is 17.9 Å². The maximum Gasteiger partial charge on any atom is 0.253 e. The third kappa shape index (κ3) is 6.00. The number of hydrogen-bond donors (Lipinski definition) is 0. The molecule has 0 N–H and O–H groups in total. The number of halogens is 1. The highest BCUT2D eigenvalue weighted by molar-refractivity contribution is 7.98. The zero-order valence-electron chi connectivity index (χ0n) is 20.2. The summed E-state index contributed by atoms with van der Waals surface area (Å²) in [5, 5.41) is 1.01. The number of carbonyl (C=O) groups excluding carboxylic acids is 1. The number of carbonyl (C=O) groups is 1. The summed E-state index contributed by atoms with van der Waals surface area (Å²) in [4.78, 5) is 26.2. The van der Waals surface area contributed by atoms with Crippen molar-refractivity contribution in [3.63, 3.8) is 0 Å². The van der Waals surface area contributed by atoms with Crippen molar-refractivity contribution in [1.82, 2.24) is 14.9 Å². The first-order chi connectivity index (χ1) is 17.5. The van der Waals surface area contributed by atoms with Crippen LogP contribution in [0.15, 0.2) is 65.8 Å². The number of anilines is 1. The van der Waals surface area contributed by atoms with Crippen LogP contribution in [0.5, 0.6) is 0 Å². The van der Waals surface area contributed by atoms with Crippen LogP contribution in [0, 0.1) is 0 Å². The minimum Gasteiger partial charge on any atom is -0.355 e. The van der Waals surface area contributed by atoms with Gasteiger partial charge in [0.25, 0.3) is 5.91 Å². The normalized spacial score (nSPS) is 16.9. The van der Waals surface area contributed by atoms with Gasteiger partial charge in [-0.2, -0.15) is 0 Å². The molecule has 0 atom stereocenters. The minimum atomic E-state index is -0.486. The Kier molecular flexibility index (Phi) is 7.76. The molecule has 5 rings (SSSR count). The van der Waals surface area contributed by atoms with Crippen LogP contribution < -0.4 is 4.90 Å². The van der Waals surface area contributed by atoms with Crippen molar-refractivity contribution in [3.05, 3.63) is 82.5 Å². The van der Waals surface area contributed by atoms with Gasteiger partial charge in [0.05, 0.1) is 13.2 Å². The van der Waals surface area contributed by atoms with E-state index in [-0.39, 0.29) is 5.91 Å². The van der Waals surface area contributed by atoms with Gasteiger partial charge in [-0.05, 0) is 23.3 Å². The lowest BCUT2D eigenvalue weighted by atomic mass is 10.0. The molecule has 2 aliphatic heterocycles. The number of amides is 1. The maximum atomic E-state index is 13.1. The minimum absolute atomic E-state index is 0.0403. The molecule has 0 bridgehead atoms. The van der Waals surface area contributed by atoms with Crippen LogP contribution in [0.25, 0.3) is 0 Å². The summed E-state index contributed by atoms with van der Waals surface area (Å²) in [6.07, 6.45) is 1.42. The second-order valence-corrected chi connectivity index (χ2v) is 10.4. The predicted octanol–water partition coefficient (Wildman–Crippen LogP) is 5.04. The Bertz CT molecular complexity index is 1200. The molecule has 1 aromatic heterocycles. The Hall–Kier alpha value is -2.65. The smallest absolute Gasteiger partial charge is 0.253 e. The number of hydrogen-bond acceptors (Lipinski definition) is 7. The van der Waals surface area contributed by atoms with Crippen LogP contribution in [0.2, 0.25) is 5.15 Å². The van der Waals surface area contributed by atoms with E-state index in [1.165, 1.54) is 17.3 Å². The van der Waals surface area contributed by atoms with E-state index in [9.17, 15) is 4.79 Å².